The minimum atomic E-state index is -1.10. The van der Waals surface area contributed by atoms with Gasteiger partial charge in [0.1, 0.15) is 0 Å². The number of carbonyl (C=O) groups excluding carboxylic acids is 2. The molecule has 0 aliphatic rings. The molecule has 5 heteroatoms. The van der Waals surface area contributed by atoms with Crippen molar-refractivity contribution in [1.82, 2.24) is 0 Å². The predicted octanol–water partition coefficient (Wildman–Crippen LogP) is -1.51. The Bertz CT molecular complexity index is 173. The average Bonchev–Trinajstić information content (AvgIpc) is 2.03. The van der Waals surface area contributed by atoms with Gasteiger partial charge >= 0.3 is 0 Å². The van der Waals surface area contributed by atoms with Gasteiger partial charge in [-0.3, -0.25) is 0 Å². The Kier molecular flexibility index (Phi) is 5.53. The number of hydrogen-bond donors (Lipinski definition) is 0. The fraction of sp³-hybridized carbons (Fsp3) is 0.750. The van der Waals surface area contributed by atoms with E-state index in [1.54, 1.807) is 0 Å². The van der Waals surface area contributed by atoms with Gasteiger partial charge in [-0.25, -0.2) is 0 Å². The molecule has 0 aliphatic heterocycles. The van der Waals surface area contributed by atoms with Crippen LogP contribution in [-0.4, -0.2) is 23.4 Å². The van der Waals surface area contributed by atoms with E-state index in [0.717, 1.165) is 0 Å². The van der Waals surface area contributed by atoms with Crippen molar-refractivity contribution in [2.45, 2.75) is 13.8 Å². The van der Waals surface area contributed by atoms with Crippen molar-refractivity contribution in [2.75, 3.05) is 11.5 Å². The molecule has 0 heterocycles. The number of thioether (sulfide) groups is 1. The number of carbonyl (C=O) groups is 2. The number of hydrogen-bond acceptors (Lipinski definition) is 5. The molecule has 0 bridgehead atoms. The third-order valence-corrected chi connectivity index (χ3v) is 3.01. The SMILES string of the molecule is CC(CSCC(C)C(=O)[O-])C(=O)[O-]. The third-order valence-electron chi connectivity index (χ3n) is 1.54. The molecule has 0 aromatic rings. The molecule has 0 amide bonds. The normalized spacial score (nSPS) is 14.9. The first kappa shape index (κ1) is 12.3. The highest BCUT2D eigenvalue weighted by molar-refractivity contribution is 7.99. The van der Waals surface area contributed by atoms with Gasteiger partial charge in [-0.05, 0) is 0 Å². The lowest BCUT2D eigenvalue weighted by Gasteiger charge is -2.15. The highest BCUT2D eigenvalue weighted by Crippen LogP contribution is 2.11. The van der Waals surface area contributed by atoms with Crippen LogP contribution in [0.3, 0.4) is 0 Å². The molecule has 0 aromatic heterocycles. The highest BCUT2D eigenvalue weighted by atomic mass is 32.2. The molecule has 0 aromatic carbocycles. The molecule has 0 radical (unpaired) electrons. The first-order valence-corrected chi connectivity index (χ1v) is 5.10. The largest absolute Gasteiger partial charge is 0.550 e. The highest BCUT2D eigenvalue weighted by Gasteiger charge is 2.06. The van der Waals surface area contributed by atoms with Crippen LogP contribution < -0.4 is 10.2 Å². The quantitative estimate of drug-likeness (QED) is 0.525. The van der Waals surface area contributed by atoms with Gasteiger partial charge in [0, 0.05) is 35.3 Å². The fourth-order valence-electron chi connectivity index (χ4n) is 0.558. The van der Waals surface area contributed by atoms with E-state index in [-0.39, 0.29) is 0 Å². The van der Waals surface area contributed by atoms with Crippen LogP contribution in [0, 0.1) is 11.8 Å². The van der Waals surface area contributed by atoms with Crippen LogP contribution in [0.2, 0.25) is 0 Å². The number of rotatable bonds is 6. The summed E-state index contributed by atoms with van der Waals surface area (Å²) in [6.45, 7) is 3.07. The van der Waals surface area contributed by atoms with E-state index in [9.17, 15) is 19.8 Å². The third kappa shape index (κ3) is 5.52. The predicted molar refractivity (Wildman–Crippen MR) is 45.7 cm³/mol. The van der Waals surface area contributed by atoms with Gasteiger partial charge in [0.2, 0.25) is 0 Å². The summed E-state index contributed by atoms with van der Waals surface area (Å²) in [5.74, 6) is -2.54. The Morgan fingerprint density at radius 2 is 1.38 bits per heavy atom. The second-order valence-corrected chi connectivity index (χ2v) is 4.05. The summed E-state index contributed by atoms with van der Waals surface area (Å²) in [6, 6.07) is 0. The molecule has 0 saturated heterocycles. The molecule has 0 aliphatic carbocycles. The summed E-state index contributed by atoms with van der Waals surface area (Å²) in [4.78, 5) is 20.5. The molecular weight excluding hydrogens is 192 g/mol. The van der Waals surface area contributed by atoms with Crippen LogP contribution in [0.5, 0.6) is 0 Å². The molecule has 13 heavy (non-hydrogen) atoms. The average molecular weight is 204 g/mol. The number of carboxylic acids is 2. The number of carboxylic acid groups (broad SMARTS) is 2. The molecular formula is C8H12O4S-2. The van der Waals surface area contributed by atoms with E-state index in [2.05, 4.69) is 0 Å². The van der Waals surface area contributed by atoms with Crippen molar-refractivity contribution in [3.63, 3.8) is 0 Å². The minimum Gasteiger partial charge on any atom is -0.550 e. The lowest BCUT2D eigenvalue weighted by molar-refractivity contribution is -0.311. The first-order valence-electron chi connectivity index (χ1n) is 3.94. The van der Waals surface area contributed by atoms with E-state index in [1.807, 2.05) is 0 Å². The minimum absolute atomic E-state index is 0.375. The van der Waals surface area contributed by atoms with Gasteiger partial charge in [0.15, 0.2) is 0 Å². The van der Waals surface area contributed by atoms with Crippen LogP contribution in [-0.2, 0) is 9.59 Å². The van der Waals surface area contributed by atoms with Crippen LogP contribution >= 0.6 is 11.8 Å². The Balaban J connectivity index is 3.56. The van der Waals surface area contributed by atoms with Crippen molar-refractivity contribution in [1.29, 1.82) is 0 Å². The van der Waals surface area contributed by atoms with E-state index in [4.69, 9.17) is 0 Å². The Morgan fingerprint density at radius 3 is 1.62 bits per heavy atom. The molecule has 76 valence electrons. The fourth-order valence-corrected chi connectivity index (χ4v) is 1.67. The van der Waals surface area contributed by atoms with E-state index in [0.29, 0.717) is 11.5 Å². The summed E-state index contributed by atoms with van der Waals surface area (Å²) in [7, 11) is 0. The molecule has 0 fully saturated rings. The molecule has 2 atom stereocenters. The summed E-state index contributed by atoms with van der Waals surface area (Å²) in [5, 5.41) is 20.5. The van der Waals surface area contributed by atoms with Crippen LogP contribution in [0.4, 0.5) is 0 Å². The smallest absolute Gasteiger partial charge is 0.0450 e. The molecule has 4 nitrogen and oxygen atoms in total. The number of aliphatic carboxylic acids is 2. The molecule has 0 spiro atoms. The van der Waals surface area contributed by atoms with Gasteiger partial charge in [0.05, 0.1) is 0 Å². The van der Waals surface area contributed by atoms with Gasteiger partial charge in [-0.1, -0.05) is 13.8 Å². The summed E-state index contributed by atoms with van der Waals surface area (Å²) < 4.78 is 0. The van der Waals surface area contributed by atoms with Crippen molar-refractivity contribution in [2.24, 2.45) is 11.8 Å². The monoisotopic (exact) mass is 204 g/mol. The maximum absolute atomic E-state index is 10.3. The van der Waals surface area contributed by atoms with Crippen molar-refractivity contribution < 1.29 is 19.8 Å². The summed E-state index contributed by atoms with van der Waals surface area (Å²) in [6.07, 6.45) is 0. The maximum Gasteiger partial charge on any atom is 0.0450 e. The van der Waals surface area contributed by atoms with Gasteiger partial charge in [0.25, 0.3) is 0 Å². The summed E-state index contributed by atoms with van der Waals surface area (Å²) >= 11 is 1.28. The van der Waals surface area contributed by atoms with E-state index in [1.165, 1.54) is 25.6 Å². The molecule has 2 unspecified atom stereocenters. The Hall–Kier alpha value is -0.710. The maximum atomic E-state index is 10.3. The first-order chi connectivity index (χ1) is 5.95. The Morgan fingerprint density at radius 1 is 1.08 bits per heavy atom. The molecule has 0 saturated carbocycles. The van der Waals surface area contributed by atoms with Gasteiger partial charge in [-0.2, -0.15) is 11.8 Å². The second kappa shape index (κ2) is 5.85. The standard InChI is InChI=1S/C8H14O4S/c1-5(7(9)10)3-13-4-6(2)8(11)12/h5-6H,3-4H2,1-2H3,(H,9,10)(H,11,12)/p-2. The van der Waals surface area contributed by atoms with E-state index < -0.39 is 23.8 Å². The zero-order valence-corrected chi connectivity index (χ0v) is 8.43. The van der Waals surface area contributed by atoms with Gasteiger partial charge in [-0.15, -0.1) is 0 Å². The Labute approximate surface area is 81.3 Å². The van der Waals surface area contributed by atoms with Gasteiger partial charge < -0.3 is 19.8 Å². The zero-order chi connectivity index (χ0) is 10.4. The zero-order valence-electron chi connectivity index (χ0n) is 7.61. The lowest BCUT2D eigenvalue weighted by atomic mass is 10.2. The van der Waals surface area contributed by atoms with E-state index >= 15 is 0 Å². The second-order valence-electron chi connectivity index (χ2n) is 2.98. The molecule has 0 rings (SSSR count). The van der Waals surface area contributed by atoms with Crippen LogP contribution in [0.1, 0.15) is 13.8 Å². The summed E-state index contributed by atoms with van der Waals surface area (Å²) in [5.41, 5.74) is 0. The van der Waals surface area contributed by atoms with Crippen molar-refractivity contribution in [3.8, 4) is 0 Å². The topological polar surface area (TPSA) is 80.3 Å². The lowest BCUT2D eigenvalue weighted by Crippen LogP contribution is -2.32. The van der Waals surface area contributed by atoms with Crippen LogP contribution in [0.25, 0.3) is 0 Å². The van der Waals surface area contributed by atoms with Crippen LogP contribution in [0.15, 0.2) is 0 Å². The van der Waals surface area contributed by atoms with Crippen molar-refractivity contribution >= 4 is 23.7 Å². The molecule has 0 N–H and O–H groups in total. The van der Waals surface area contributed by atoms with Crippen molar-refractivity contribution in [3.05, 3.63) is 0 Å².